The van der Waals surface area contributed by atoms with Crippen LogP contribution in [0.15, 0.2) is 53.9 Å². The third kappa shape index (κ3) is 4.87. The topological polar surface area (TPSA) is 42.4 Å². The Labute approximate surface area is 168 Å². The van der Waals surface area contributed by atoms with Gasteiger partial charge >= 0.3 is 0 Å². The molecule has 0 bridgehead atoms. The lowest BCUT2D eigenvalue weighted by atomic mass is 10.2. The number of hydrogen-bond acceptors (Lipinski definition) is 4. The molecular weight excluding hydrogens is 380 g/mol. The summed E-state index contributed by atoms with van der Waals surface area (Å²) in [5, 5.41) is 3.06. The SMILES string of the molecule is CCCOc1ccc(-c2nc(C(=O)N(C)Cc3ccccc3)cs2)c(Cl)c1. The molecule has 0 radical (unpaired) electrons. The van der Waals surface area contributed by atoms with E-state index in [2.05, 4.69) is 11.9 Å². The Morgan fingerprint density at radius 2 is 2.00 bits per heavy atom. The van der Waals surface area contributed by atoms with Crippen LogP contribution in [0.4, 0.5) is 0 Å². The van der Waals surface area contributed by atoms with Crippen LogP contribution in [0.1, 0.15) is 29.4 Å². The minimum atomic E-state index is -0.111. The first kappa shape index (κ1) is 19.4. The van der Waals surface area contributed by atoms with Gasteiger partial charge in [-0.1, -0.05) is 48.9 Å². The lowest BCUT2D eigenvalue weighted by molar-refractivity contribution is 0.0780. The van der Waals surface area contributed by atoms with Crippen molar-refractivity contribution in [3.8, 4) is 16.3 Å². The Morgan fingerprint density at radius 1 is 1.22 bits per heavy atom. The van der Waals surface area contributed by atoms with Gasteiger partial charge in [0.05, 0.1) is 11.6 Å². The molecule has 0 spiro atoms. The fourth-order valence-electron chi connectivity index (χ4n) is 2.60. The van der Waals surface area contributed by atoms with E-state index in [9.17, 15) is 4.79 Å². The van der Waals surface area contributed by atoms with E-state index in [4.69, 9.17) is 16.3 Å². The Bertz CT molecular complexity index is 912. The van der Waals surface area contributed by atoms with Gasteiger partial charge in [0.15, 0.2) is 0 Å². The van der Waals surface area contributed by atoms with E-state index in [1.165, 1.54) is 11.3 Å². The first-order valence-electron chi connectivity index (χ1n) is 8.76. The molecule has 2 aromatic carbocycles. The van der Waals surface area contributed by atoms with Crippen LogP contribution in [0.2, 0.25) is 5.02 Å². The van der Waals surface area contributed by atoms with Crippen molar-refractivity contribution in [3.05, 3.63) is 70.2 Å². The number of carbonyl (C=O) groups excluding carboxylic acids is 1. The Kier molecular flexibility index (Phi) is 6.48. The van der Waals surface area contributed by atoms with Crippen LogP contribution in [0.3, 0.4) is 0 Å². The third-order valence-electron chi connectivity index (χ3n) is 3.98. The lowest BCUT2D eigenvalue weighted by Gasteiger charge is -2.15. The number of amides is 1. The molecular formula is C21H21ClN2O2S. The maximum atomic E-state index is 12.7. The van der Waals surface area contributed by atoms with Gasteiger partial charge < -0.3 is 9.64 Å². The van der Waals surface area contributed by atoms with Gasteiger partial charge in [-0.3, -0.25) is 4.79 Å². The average molecular weight is 401 g/mol. The first-order chi connectivity index (χ1) is 13.1. The molecule has 1 aromatic heterocycles. The summed E-state index contributed by atoms with van der Waals surface area (Å²) in [7, 11) is 1.78. The largest absolute Gasteiger partial charge is 0.494 e. The van der Waals surface area contributed by atoms with Crippen LogP contribution in [-0.4, -0.2) is 29.4 Å². The van der Waals surface area contributed by atoms with E-state index in [0.717, 1.165) is 28.3 Å². The lowest BCUT2D eigenvalue weighted by Crippen LogP contribution is -2.26. The highest BCUT2D eigenvalue weighted by Crippen LogP contribution is 2.33. The minimum Gasteiger partial charge on any atom is -0.494 e. The zero-order valence-corrected chi connectivity index (χ0v) is 16.9. The molecule has 0 N–H and O–H groups in total. The number of halogens is 1. The summed E-state index contributed by atoms with van der Waals surface area (Å²) in [6.45, 7) is 3.25. The molecule has 0 aliphatic carbocycles. The molecule has 1 heterocycles. The molecule has 140 valence electrons. The zero-order valence-electron chi connectivity index (χ0n) is 15.3. The normalized spacial score (nSPS) is 10.6. The van der Waals surface area contributed by atoms with Crippen LogP contribution in [0.25, 0.3) is 10.6 Å². The smallest absolute Gasteiger partial charge is 0.273 e. The summed E-state index contributed by atoms with van der Waals surface area (Å²) in [6.07, 6.45) is 0.938. The summed E-state index contributed by atoms with van der Waals surface area (Å²) in [5.41, 5.74) is 2.31. The summed E-state index contributed by atoms with van der Waals surface area (Å²) < 4.78 is 5.60. The number of benzene rings is 2. The van der Waals surface area contributed by atoms with Crippen molar-refractivity contribution < 1.29 is 9.53 Å². The van der Waals surface area contributed by atoms with Crippen molar-refractivity contribution in [3.63, 3.8) is 0 Å². The van der Waals surface area contributed by atoms with Gasteiger partial charge in [0.25, 0.3) is 5.91 Å². The molecule has 6 heteroatoms. The van der Waals surface area contributed by atoms with E-state index in [1.807, 2.05) is 42.5 Å². The molecule has 3 aromatic rings. The molecule has 0 fully saturated rings. The van der Waals surface area contributed by atoms with Crippen LogP contribution >= 0.6 is 22.9 Å². The highest BCUT2D eigenvalue weighted by molar-refractivity contribution is 7.13. The van der Waals surface area contributed by atoms with Crippen molar-refractivity contribution in [1.29, 1.82) is 0 Å². The number of nitrogens with zero attached hydrogens (tertiary/aromatic N) is 2. The second kappa shape index (κ2) is 9.02. The molecule has 0 aliphatic rings. The standard InChI is InChI=1S/C21H21ClN2O2S/c1-3-11-26-16-9-10-17(18(22)12-16)20-23-19(14-27-20)21(25)24(2)13-15-7-5-4-6-8-15/h4-10,12,14H,3,11,13H2,1-2H3. The van der Waals surface area contributed by atoms with E-state index >= 15 is 0 Å². The Hall–Kier alpha value is -2.37. The van der Waals surface area contributed by atoms with Gasteiger partial charge in [0, 0.05) is 24.5 Å². The van der Waals surface area contributed by atoms with E-state index in [-0.39, 0.29) is 5.91 Å². The molecule has 4 nitrogen and oxygen atoms in total. The summed E-state index contributed by atoms with van der Waals surface area (Å²) in [5.74, 6) is 0.626. The molecule has 0 atom stereocenters. The fraction of sp³-hybridized carbons (Fsp3) is 0.238. The second-order valence-electron chi connectivity index (χ2n) is 6.17. The highest BCUT2D eigenvalue weighted by atomic mass is 35.5. The van der Waals surface area contributed by atoms with E-state index in [1.54, 1.807) is 23.4 Å². The van der Waals surface area contributed by atoms with Gasteiger partial charge in [0.2, 0.25) is 0 Å². The number of aromatic nitrogens is 1. The highest BCUT2D eigenvalue weighted by Gasteiger charge is 2.17. The minimum absolute atomic E-state index is 0.111. The van der Waals surface area contributed by atoms with E-state index < -0.39 is 0 Å². The van der Waals surface area contributed by atoms with Crippen LogP contribution < -0.4 is 4.74 Å². The summed E-state index contributed by atoms with van der Waals surface area (Å²) >= 11 is 7.80. The number of thiazole rings is 1. The van der Waals surface area contributed by atoms with Crippen molar-refractivity contribution in [1.82, 2.24) is 9.88 Å². The maximum absolute atomic E-state index is 12.7. The number of carbonyl (C=O) groups is 1. The molecule has 0 aliphatic heterocycles. The molecule has 1 amide bonds. The van der Waals surface area contributed by atoms with Gasteiger partial charge in [-0.05, 0) is 30.2 Å². The van der Waals surface area contributed by atoms with Crippen LogP contribution in [0, 0.1) is 0 Å². The van der Waals surface area contributed by atoms with Gasteiger partial charge in [0.1, 0.15) is 16.5 Å². The van der Waals surface area contributed by atoms with Crippen LogP contribution in [-0.2, 0) is 6.54 Å². The number of rotatable bonds is 7. The third-order valence-corrected chi connectivity index (χ3v) is 5.16. The number of hydrogen-bond donors (Lipinski definition) is 0. The quantitative estimate of drug-likeness (QED) is 0.524. The number of ether oxygens (including phenoxy) is 1. The average Bonchev–Trinajstić information content (AvgIpc) is 3.16. The van der Waals surface area contributed by atoms with Crippen molar-refractivity contribution in [2.45, 2.75) is 19.9 Å². The van der Waals surface area contributed by atoms with Crippen LogP contribution in [0.5, 0.6) is 5.75 Å². The molecule has 0 unspecified atom stereocenters. The van der Waals surface area contributed by atoms with Crippen molar-refractivity contribution in [2.24, 2.45) is 0 Å². The molecule has 0 saturated carbocycles. The fourth-order valence-corrected chi connectivity index (χ4v) is 3.75. The predicted molar refractivity (Wildman–Crippen MR) is 111 cm³/mol. The monoisotopic (exact) mass is 400 g/mol. The molecule has 0 saturated heterocycles. The molecule has 3 rings (SSSR count). The van der Waals surface area contributed by atoms with Crippen molar-refractivity contribution in [2.75, 3.05) is 13.7 Å². The van der Waals surface area contributed by atoms with Gasteiger partial charge in [-0.15, -0.1) is 11.3 Å². The van der Waals surface area contributed by atoms with Crippen molar-refractivity contribution >= 4 is 28.8 Å². The first-order valence-corrected chi connectivity index (χ1v) is 10.0. The van der Waals surface area contributed by atoms with Gasteiger partial charge in [-0.2, -0.15) is 0 Å². The zero-order chi connectivity index (χ0) is 19.2. The summed E-state index contributed by atoms with van der Waals surface area (Å²) in [4.78, 5) is 18.8. The van der Waals surface area contributed by atoms with E-state index in [0.29, 0.717) is 23.9 Å². The second-order valence-corrected chi connectivity index (χ2v) is 7.44. The molecule has 27 heavy (non-hydrogen) atoms. The maximum Gasteiger partial charge on any atom is 0.273 e. The summed E-state index contributed by atoms with van der Waals surface area (Å²) in [6, 6.07) is 15.4. The van der Waals surface area contributed by atoms with Gasteiger partial charge in [-0.25, -0.2) is 4.98 Å². The predicted octanol–water partition coefficient (Wildman–Crippen LogP) is 5.52. The Morgan fingerprint density at radius 3 is 2.70 bits per heavy atom. The Balaban J connectivity index is 1.73.